The van der Waals surface area contributed by atoms with Crippen molar-refractivity contribution in [1.82, 2.24) is 5.43 Å². The molecule has 0 saturated heterocycles. The Balaban J connectivity index is 1.78. The van der Waals surface area contributed by atoms with E-state index in [-0.39, 0.29) is 4.90 Å². The van der Waals surface area contributed by atoms with Crippen LogP contribution in [0.5, 0.6) is 11.5 Å². The molecule has 0 spiro atoms. The van der Waals surface area contributed by atoms with Crippen molar-refractivity contribution in [3.05, 3.63) is 81.9 Å². The maximum absolute atomic E-state index is 13.3. The molecule has 0 aliphatic carbocycles. The molecule has 0 saturated carbocycles. The van der Waals surface area contributed by atoms with Gasteiger partial charge in [0.2, 0.25) is 0 Å². The molecule has 0 radical (unpaired) electrons. The van der Waals surface area contributed by atoms with E-state index >= 15 is 0 Å². The monoisotopic (exact) mass is 593 g/mol. The fourth-order valence-electron chi connectivity index (χ4n) is 3.03. The summed E-state index contributed by atoms with van der Waals surface area (Å²) in [4.78, 5) is 12.7. The molecule has 10 heteroatoms. The van der Waals surface area contributed by atoms with E-state index in [9.17, 15) is 13.2 Å². The van der Waals surface area contributed by atoms with Gasteiger partial charge in [-0.1, -0.05) is 18.2 Å². The van der Waals surface area contributed by atoms with Crippen LogP contribution < -0.4 is 19.2 Å². The van der Waals surface area contributed by atoms with Gasteiger partial charge >= 0.3 is 0 Å². The molecular formula is C24H24IN3O5S. The van der Waals surface area contributed by atoms with Gasteiger partial charge < -0.3 is 9.47 Å². The first-order chi connectivity index (χ1) is 16.3. The van der Waals surface area contributed by atoms with Gasteiger partial charge in [0, 0.05) is 3.57 Å². The molecule has 8 nitrogen and oxygen atoms in total. The Labute approximate surface area is 212 Å². The van der Waals surface area contributed by atoms with Crippen LogP contribution in [0.3, 0.4) is 0 Å². The number of nitrogens with zero attached hydrogens (tertiary/aromatic N) is 2. The number of hydrogen-bond donors (Lipinski definition) is 1. The number of amides is 1. The largest absolute Gasteiger partial charge is 0.493 e. The maximum Gasteiger partial charge on any atom is 0.264 e. The number of halogens is 1. The van der Waals surface area contributed by atoms with E-state index in [0.717, 1.165) is 7.88 Å². The van der Waals surface area contributed by atoms with Crippen molar-refractivity contribution in [3.8, 4) is 11.5 Å². The standard InChI is InChI=1S/C24H24IN3O5S/c1-3-33-22-14-9-18(15-23(22)32-2)16-26-27-24(29)17-28(20-12-10-19(25)11-13-20)34(30,31)21-7-5-4-6-8-21/h4-16H,3,17H2,1-2H3,(H,27,29)/b26-16-. The second kappa shape index (κ2) is 11.8. The van der Waals surface area contributed by atoms with Crippen LogP contribution in [-0.4, -0.2) is 40.8 Å². The summed E-state index contributed by atoms with van der Waals surface area (Å²) in [5.41, 5.74) is 3.44. The molecule has 0 aliphatic heterocycles. The van der Waals surface area contributed by atoms with Crippen LogP contribution in [0.25, 0.3) is 0 Å². The van der Waals surface area contributed by atoms with Crippen LogP contribution in [0.4, 0.5) is 5.69 Å². The highest BCUT2D eigenvalue weighted by Crippen LogP contribution is 2.27. The van der Waals surface area contributed by atoms with Gasteiger partial charge in [-0.3, -0.25) is 9.10 Å². The van der Waals surface area contributed by atoms with Crippen molar-refractivity contribution in [2.75, 3.05) is 24.6 Å². The quantitative estimate of drug-likeness (QED) is 0.218. The first-order valence-corrected chi connectivity index (χ1v) is 12.8. The smallest absolute Gasteiger partial charge is 0.264 e. The van der Waals surface area contributed by atoms with E-state index in [1.54, 1.807) is 60.7 Å². The zero-order valence-corrected chi connectivity index (χ0v) is 21.6. The number of ether oxygens (including phenoxy) is 2. The third-order valence-corrected chi connectivity index (χ3v) is 7.13. The Bertz CT molecular complexity index is 1250. The SMILES string of the molecule is CCOc1ccc(/C=N\NC(=O)CN(c2ccc(I)cc2)S(=O)(=O)c2ccccc2)cc1OC. The Kier molecular flexibility index (Phi) is 8.88. The highest BCUT2D eigenvalue weighted by molar-refractivity contribution is 14.1. The third-order valence-electron chi connectivity index (χ3n) is 4.62. The zero-order valence-electron chi connectivity index (χ0n) is 18.6. The molecule has 1 N–H and O–H groups in total. The summed E-state index contributed by atoms with van der Waals surface area (Å²) in [6.45, 7) is 1.94. The lowest BCUT2D eigenvalue weighted by molar-refractivity contribution is -0.119. The van der Waals surface area contributed by atoms with E-state index in [1.807, 2.05) is 6.92 Å². The summed E-state index contributed by atoms with van der Waals surface area (Å²) < 4.78 is 39.4. The van der Waals surface area contributed by atoms with Crippen molar-refractivity contribution >= 4 is 50.4 Å². The van der Waals surface area contributed by atoms with Gasteiger partial charge in [-0.2, -0.15) is 5.10 Å². The van der Waals surface area contributed by atoms with Gasteiger partial charge in [-0.15, -0.1) is 0 Å². The highest BCUT2D eigenvalue weighted by Gasteiger charge is 2.27. The van der Waals surface area contributed by atoms with Gasteiger partial charge in [0.05, 0.1) is 30.5 Å². The number of rotatable bonds is 10. The molecule has 34 heavy (non-hydrogen) atoms. The Morgan fingerprint density at radius 2 is 1.76 bits per heavy atom. The molecule has 0 bridgehead atoms. The van der Waals surface area contributed by atoms with Crippen LogP contribution in [0.15, 0.2) is 82.8 Å². The summed E-state index contributed by atoms with van der Waals surface area (Å²) in [5, 5.41) is 3.96. The third kappa shape index (κ3) is 6.48. The number of anilines is 1. The average molecular weight is 593 g/mol. The number of carbonyl (C=O) groups is 1. The number of benzene rings is 3. The molecule has 0 heterocycles. The molecule has 0 aliphatic rings. The van der Waals surface area contributed by atoms with E-state index in [1.165, 1.54) is 25.5 Å². The van der Waals surface area contributed by atoms with Crippen molar-refractivity contribution in [2.45, 2.75) is 11.8 Å². The predicted octanol–water partition coefficient (Wildman–Crippen LogP) is 4.04. The molecule has 3 aromatic carbocycles. The van der Waals surface area contributed by atoms with Gasteiger partial charge in [0.1, 0.15) is 6.54 Å². The Morgan fingerprint density at radius 1 is 1.06 bits per heavy atom. The minimum atomic E-state index is -3.97. The van der Waals surface area contributed by atoms with E-state index in [2.05, 4.69) is 33.1 Å². The first kappa shape index (κ1) is 25.5. The molecule has 0 unspecified atom stereocenters. The molecule has 3 aromatic rings. The number of hydrogen-bond acceptors (Lipinski definition) is 6. The number of carbonyl (C=O) groups excluding carboxylic acids is 1. The zero-order chi connectivity index (χ0) is 24.6. The molecule has 3 rings (SSSR count). The van der Waals surface area contributed by atoms with Crippen molar-refractivity contribution in [3.63, 3.8) is 0 Å². The number of hydrazone groups is 1. The topological polar surface area (TPSA) is 97.3 Å². The number of sulfonamides is 1. The van der Waals surface area contributed by atoms with Crippen LogP contribution in [0, 0.1) is 3.57 Å². The van der Waals surface area contributed by atoms with E-state index < -0.39 is 22.5 Å². The van der Waals surface area contributed by atoms with Crippen LogP contribution in [0.1, 0.15) is 12.5 Å². The van der Waals surface area contributed by atoms with Gasteiger partial charge in [-0.25, -0.2) is 13.8 Å². The lowest BCUT2D eigenvalue weighted by atomic mass is 10.2. The van der Waals surface area contributed by atoms with Gasteiger partial charge in [0.15, 0.2) is 11.5 Å². The summed E-state index contributed by atoms with van der Waals surface area (Å²) in [6, 6.07) is 20.1. The normalized spacial score (nSPS) is 11.3. The van der Waals surface area contributed by atoms with Crippen molar-refractivity contribution in [1.29, 1.82) is 0 Å². The summed E-state index contributed by atoms with van der Waals surface area (Å²) >= 11 is 2.13. The summed E-state index contributed by atoms with van der Waals surface area (Å²) in [6.07, 6.45) is 1.44. The van der Waals surface area contributed by atoms with Crippen LogP contribution >= 0.6 is 22.6 Å². The lowest BCUT2D eigenvalue weighted by Gasteiger charge is -2.23. The second-order valence-corrected chi connectivity index (χ2v) is 10.0. The fraction of sp³-hybridized carbons (Fsp3) is 0.167. The van der Waals surface area contributed by atoms with Crippen LogP contribution in [0.2, 0.25) is 0 Å². The van der Waals surface area contributed by atoms with E-state index in [0.29, 0.717) is 29.4 Å². The fourth-order valence-corrected chi connectivity index (χ4v) is 4.83. The molecule has 178 valence electrons. The minimum Gasteiger partial charge on any atom is -0.493 e. The summed E-state index contributed by atoms with van der Waals surface area (Å²) in [7, 11) is -2.44. The Hall–Kier alpha value is -3.12. The first-order valence-electron chi connectivity index (χ1n) is 10.3. The van der Waals surface area contributed by atoms with E-state index in [4.69, 9.17) is 9.47 Å². The van der Waals surface area contributed by atoms with Crippen molar-refractivity contribution in [2.24, 2.45) is 5.10 Å². The average Bonchev–Trinajstić information content (AvgIpc) is 2.84. The number of methoxy groups -OCH3 is 1. The molecular weight excluding hydrogens is 569 g/mol. The Morgan fingerprint density at radius 3 is 2.41 bits per heavy atom. The predicted molar refractivity (Wildman–Crippen MR) is 140 cm³/mol. The van der Waals surface area contributed by atoms with Crippen molar-refractivity contribution < 1.29 is 22.7 Å². The highest BCUT2D eigenvalue weighted by atomic mass is 127. The minimum absolute atomic E-state index is 0.0892. The molecule has 0 atom stereocenters. The maximum atomic E-state index is 13.3. The number of nitrogens with one attached hydrogen (secondary N) is 1. The second-order valence-electron chi connectivity index (χ2n) is 6.94. The van der Waals surface area contributed by atoms with Gasteiger partial charge in [-0.05, 0) is 89.7 Å². The lowest BCUT2D eigenvalue weighted by Crippen LogP contribution is -2.39. The van der Waals surface area contributed by atoms with Gasteiger partial charge in [0.25, 0.3) is 15.9 Å². The molecule has 0 aromatic heterocycles. The molecule has 1 amide bonds. The van der Waals surface area contributed by atoms with Crippen LogP contribution in [-0.2, 0) is 14.8 Å². The summed E-state index contributed by atoms with van der Waals surface area (Å²) in [5.74, 6) is 0.550. The molecule has 0 fully saturated rings.